The number of halogens is 2. The molecule has 0 amide bonds. The Morgan fingerprint density at radius 3 is 2.47 bits per heavy atom. The van der Waals surface area contributed by atoms with Gasteiger partial charge in [-0.15, -0.1) is 0 Å². The number of piperazine rings is 1. The summed E-state index contributed by atoms with van der Waals surface area (Å²) >= 11 is 12.4. The van der Waals surface area contributed by atoms with Gasteiger partial charge >= 0.3 is 0 Å². The van der Waals surface area contributed by atoms with Gasteiger partial charge in [-0.1, -0.05) is 40.9 Å². The van der Waals surface area contributed by atoms with E-state index in [-0.39, 0.29) is 5.95 Å². The maximum absolute atomic E-state index is 6.32. The van der Waals surface area contributed by atoms with Crippen molar-refractivity contribution in [2.75, 3.05) is 50.0 Å². The third-order valence-corrected chi connectivity index (χ3v) is 5.94. The van der Waals surface area contributed by atoms with Gasteiger partial charge in [-0.25, -0.2) is 0 Å². The SMILES string of the molecule is Cc1ccc(OCCCN2CCN(c3nc(N)nc(-c4cc(Cl)ccc4Cl)n3)CC2)cc1. The van der Waals surface area contributed by atoms with Gasteiger partial charge in [-0.05, 0) is 43.7 Å². The van der Waals surface area contributed by atoms with Gasteiger partial charge in [0.15, 0.2) is 5.82 Å². The molecular formula is C23H26Cl2N6O. The van der Waals surface area contributed by atoms with E-state index in [2.05, 4.69) is 43.8 Å². The quantitative estimate of drug-likeness (QED) is 0.512. The molecule has 0 spiro atoms. The minimum atomic E-state index is 0.164. The smallest absolute Gasteiger partial charge is 0.230 e. The lowest BCUT2D eigenvalue weighted by Crippen LogP contribution is -2.47. The van der Waals surface area contributed by atoms with E-state index in [1.165, 1.54) is 5.56 Å². The first-order chi connectivity index (χ1) is 15.5. The predicted molar refractivity (Wildman–Crippen MR) is 130 cm³/mol. The van der Waals surface area contributed by atoms with Crippen LogP contribution in [0.2, 0.25) is 10.0 Å². The Bertz CT molecular complexity index is 1050. The van der Waals surface area contributed by atoms with E-state index in [1.54, 1.807) is 18.2 Å². The van der Waals surface area contributed by atoms with Gasteiger partial charge in [0.25, 0.3) is 0 Å². The zero-order valence-corrected chi connectivity index (χ0v) is 19.5. The molecule has 0 aliphatic carbocycles. The van der Waals surface area contributed by atoms with Crippen LogP contribution < -0.4 is 15.4 Å². The third kappa shape index (κ3) is 5.79. The summed E-state index contributed by atoms with van der Waals surface area (Å²) in [6.07, 6.45) is 0.976. The number of nitrogens with two attached hydrogens (primary N) is 1. The predicted octanol–water partition coefficient (Wildman–Crippen LogP) is 4.33. The first-order valence-corrected chi connectivity index (χ1v) is 11.4. The van der Waals surface area contributed by atoms with E-state index in [4.69, 9.17) is 33.7 Å². The first-order valence-electron chi connectivity index (χ1n) is 10.6. The van der Waals surface area contributed by atoms with Crippen molar-refractivity contribution in [3.63, 3.8) is 0 Å². The normalized spacial score (nSPS) is 14.5. The third-order valence-electron chi connectivity index (χ3n) is 5.37. The molecule has 0 radical (unpaired) electrons. The molecule has 1 aliphatic rings. The van der Waals surface area contributed by atoms with Crippen molar-refractivity contribution in [3.8, 4) is 17.1 Å². The molecule has 2 N–H and O–H groups in total. The Hall–Kier alpha value is -2.61. The number of hydrogen-bond acceptors (Lipinski definition) is 7. The summed E-state index contributed by atoms with van der Waals surface area (Å²) in [5, 5.41) is 1.08. The molecule has 0 unspecified atom stereocenters. The monoisotopic (exact) mass is 472 g/mol. The van der Waals surface area contributed by atoms with E-state index in [0.717, 1.165) is 44.9 Å². The minimum absolute atomic E-state index is 0.164. The standard InChI is InChI=1S/C23H26Cl2N6O/c1-16-3-6-18(7-4-16)32-14-2-9-30-10-12-31(13-11-30)23-28-21(27-22(26)29-23)19-15-17(24)5-8-20(19)25/h3-8,15H,2,9-14H2,1H3,(H2,26,27,28,29). The van der Waals surface area contributed by atoms with Crippen molar-refractivity contribution in [1.82, 2.24) is 19.9 Å². The number of hydrogen-bond donors (Lipinski definition) is 1. The number of aromatic nitrogens is 3. The Kier molecular flexibility index (Phi) is 7.29. The fraction of sp³-hybridized carbons (Fsp3) is 0.348. The maximum atomic E-state index is 6.32. The molecule has 2 aromatic carbocycles. The summed E-state index contributed by atoms with van der Waals surface area (Å²) in [6.45, 7) is 7.23. The van der Waals surface area contributed by atoms with Gasteiger partial charge in [-0.3, -0.25) is 4.90 Å². The molecule has 1 aliphatic heterocycles. The summed E-state index contributed by atoms with van der Waals surface area (Å²) < 4.78 is 5.83. The second-order valence-corrected chi connectivity index (χ2v) is 8.63. The van der Waals surface area contributed by atoms with Crippen LogP contribution in [0.1, 0.15) is 12.0 Å². The van der Waals surface area contributed by atoms with Crippen LogP contribution in [-0.2, 0) is 0 Å². The van der Waals surface area contributed by atoms with E-state index in [0.29, 0.717) is 34.0 Å². The van der Waals surface area contributed by atoms with Crippen LogP contribution in [0, 0.1) is 6.92 Å². The Labute approximate surface area is 198 Å². The van der Waals surface area contributed by atoms with Gasteiger partial charge in [0.05, 0.1) is 11.6 Å². The highest BCUT2D eigenvalue weighted by Crippen LogP contribution is 2.29. The van der Waals surface area contributed by atoms with Crippen molar-refractivity contribution in [2.24, 2.45) is 0 Å². The second-order valence-electron chi connectivity index (χ2n) is 7.79. The summed E-state index contributed by atoms with van der Waals surface area (Å²) in [4.78, 5) is 17.8. The largest absolute Gasteiger partial charge is 0.494 e. The summed E-state index contributed by atoms with van der Waals surface area (Å²) in [6, 6.07) is 13.3. The molecule has 1 saturated heterocycles. The fourth-order valence-electron chi connectivity index (χ4n) is 3.60. The van der Waals surface area contributed by atoms with Crippen molar-refractivity contribution < 1.29 is 4.74 Å². The highest BCUT2D eigenvalue weighted by atomic mass is 35.5. The molecule has 7 nitrogen and oxygen atoms in total. The van der Waals surface area contributed by atoms with Crippen LogP contribution in [0.5, 0.6) is 5.75 Å². The molecule has 0 atom stereocenters. The van der Waals surface area contributed by atoms with Gasteiger partial charge in [-0.2, -0.15) is 15.0 Å². The molecule has 2 heterocycles. The second kappa shape index (κ2) is 10.3. The van der Waals surface area contributed by atoms with E-state index in [1.807, 2.05) is 12.1 Å². The van der Waals surface area contributed by atoms with Crippen molar-refractivity contribution in [3.05, 3.63) is 58.1 Å². The van der Waals surface area contributed by atoms with Crippen LogP contribution in [0.15, 0.2) is 42.5 Å². The van der Waals surface area contributed by atoms with E-state index in [9.17, 15) is 0 Å². The van der Waals surface area contributed by atoms with Crippen LogP contribution >= 0.6 is 23.2 Å². The van der Waals surface area contributed by atoms with Crippen LogP contribution in [-0.4, -0.2) is 59.2 Å². The average Bonchev–Trinajstić information content (AvgIpc) is 2.79. The zero-order valence-electron chi connectivity index (χ0n) is 18.0. The summed E-state index contributed by atoms with van der Waals surface area (Å²) in [5.41, 5.74) is 7.84. The summed E-state index contributed by atoms with van der Waals surface area (Å²) in [7, 11) is 0. The molecule has 1 aromatic heterocycles. The van der Waals surface area contributed by atoms with Crippen molar-refractivity contribution >= 4 is 35.1 Å². The van der Waals surface area contributed by atoms with Crippen LogP contribution in [0.3, 0.4) is 0 Å². The van der Waals surface area contributed by atoms with E-state index < -0.39 is 0 Å². The number of aryl methyl sites for hydroxylation is 1. The van der Waals surface area contributed by atoms with Gasteiger partial charge in [0, 0.05) is 43.3 Å². The molecule has 168 valence electrons. The molecule has 32 heavy (non-hydrogen) atoms. The molecule has 0 bridgehead atoms. The van der Waals surface area contributed by atoms with Crippen LogP contribution in [0.25, 0.3) is 11.4 Å². The lowest BCUT2D eigenvalue weighted by atomic mass is 10.2. The molecule has 1 fully saturated rings. The topological polar surface area (TPSA) is 80.4 Å². The number of anilines is 2. The fourth-order valence-corrected chi connectivity index (χ4v) is 3.97. The van der Waals surface area contributed by atoms with Gasteiger partial charge < -0.3 is 15.4 Å². The van der Waals surface area contributed by atoms with Gasteiger partial charge in [0.1, 0.15) is 5.75 Å². The highest BCUT2D eigenvalue weighted by molar-refractivity contribution is 6.35. The Morgan fingerprint density at radius 1 is 0.969 bits per heavy atom. The molecule has 3 aromatic rings. The number of ether oxygens (including phenoxy) is 1. The molecule has 9 heteroatoms. The van der Waals surface area contributed by atoms with Crippen LogP contribution in [0.4, 0.5) is 11.9 Å². The van der Waals surface area contributed by atoms with Crippen molar-refractivity contribution in [2.45, 2.75) is 13.3 Å². The minimum Gasteiger partial charge on any atom is -0.494 e. The Balaban J connectivity index is 1.30. The zero-order chi connectivity index (χ0) is 22.5. The molecular weight excluding hydrogens is 447 g/mol. The average molecular weight is 473 g/mol. The van der Waals surface area contributed by atoms with Gasteiger partial charge in [0.2, 0.25) is 11.9 Å². The number of rotatable bonds is 7. The first kappa shape index (κ1) is 22.6. The maximum Gasteiger partial charge on any atom is 0.230 e. The number of benzene rings is 2. The number of nitrogens with zero attached hydrogens (tertiary/aromatic N) is 5. The van der Waals surface area contributed by atoms with E-state index >= 15 is 0 Å². The molecule has 0 saturated carbocycles. The number of nitrogen functional groups attached to an aromatic ring is 1. The summed E-state index contributed by atoms with van der Waals surface area (Å²) in [5.74, 6) is 2.07. The molecule has 4 rings (SSSR count). The lowest BCUT2D eigenvalue weighted by molar-refractivity contribution is 0.224. The lowest BCUT2D eigenvalue weighted by Gasteiger charge is -2.34. The Morgan fingerprint density at radius 2 is 1.72 bits per heavy atom. The highest BCUT2D eigenvalue weighted by Gasteiger charge is 2.21. The van der Waals surface area contributed by atoms with Crippen molar-refractivity contribution in [1.29, 1.82) is 0 Å².